The highest BCUT2D eigenvalue weighted by Crippen LogP contribution is 2.47. The number of anilines is 3. The summed E-state index contributed by atoms with van der Waals surface area (Å²) < 4.78 is 17.6. The first kappa shape index (κ1) is 21.6. The van der Waals surface area contributed by atoms with E-state index in [0.29, 0.717) is 13.2 Å². The van der Waals surface area contributed by atoms with E-state index in [2.05, 4.69) is 63.6 Å². The van der Waals surface area contributed by atoms with Crippen molar-refractivity contribution < 1.29 is 14.0 Å². The smallest absolute Gasteiger partial charge is 0.175 e. The SMILES string of the molecule is CCCN1CCN(c2cc(Nc3ccc4c(c3)OCCO4)c3c4c(onc24)-c2ccccc2C3)CC1. The molecule has 36 heavy (non-hydrogen) atoms. The predicted octanol–water partition coefficient (Wildman–Crippen LogP) is 5.45. The summed E-state index contributed by atoms with van der Waals surface area (Å²) in [5, 5.41) is 9.47. The minimum Gasteiger partial charge on any atom is -0.486 e. The molecule has 0 saturated carbocycles. The van der Waals surface area contributed by atoms with Crippen LogP contribution in [0, 0.1) is 0 Å². The largest absolute Gasteiger partial charge is 0.486 e. The third kappa shape index (κ3) is 3.57. The van der Waals surface area contributed by atoms with Crippen molar-refractivity contribution in [3.8, 4) is 22.8 Å². The molecular formula is C29H30N4O3. The van der Waals surface area contributed by atoms with Crippen molar-refractivity contribution in [3.05, 3.63) is 59.7 Å². The van der Waals surface area contributed by atoms with Gasteiger partial charge in [0.2, 0.25) is 0 Å². The Morgan fingerprint density at radius 2 is 1.78 bits per heavy atom. The minimum absolute atomic E-state index is 0.572. The molecule has 1 aliphatic carbocycles. The molecule has 7 nitrogen and oxygen atoms in total. The van der Waals surface area contributed by atoms with Gasteiger partial charge in [-0.05, 0) is 42.3 Å². The maximum absolute atomic E-state index is 6.04. The molecule has 1 aromatic heterocycles. The lowest BCUT2D eigenvalue weighted by molar-refractivity contribution is 0.171. The van der Waals surface area contributed by atoms with E-state index in [1.54, 1.807) is 0 Å². The van der Waals surface area contributed by atoms with Gasteiger partial charge in [0.1, 0.15) is 18.7 Å². The van der Waals surface area contributed by atoms with Crippen LogP contribution in [0.15, 0.2) is 53.1 Å². The molecular weight excluding hydrogens is 452 g/mol. The number of ether oxygens (including phenoxy) is 2. The molecule has 0 spiro atoms. The summed E-state index contributed by atoms with van der Waals surface area (Å²) in [4.78, 5) is 5.01. The lowest BCUT2D eigenvalue weighted by Gasteiger charge is -2.36. The standard InChI is InChI=1S/C29H30N4O3/c1-2-9-32-10-12-33(13-11-32)24-18-23(30-20-7-8-25-26(17-20)35-15-14-34-25)22-16-19-5-3-4-6-21(19)29-27(22)28(24)31-36-29/h3-8,17-18,30H,2,9-16H2,1H3. The molecule has 7 rings (SSSR count). The third-order valence-corrected chi connectivity index (χ3v) is 7.55. The van der Waals surface area contributed by atoms with Crippen molar-refractivity contribution in [1.82, 2.24) is 10.1 Å². The van der Waals surface area contributed by atoms with E-state index in [4.69, 9.17) is 14.0 Å². The van der Waals surface area contributed by atoms with Gasteiger partial charge in [-0.2, -0.15) is 0 Å². The summed E-state index contributed by atoms with van der Waals surface area (Å²) in [5.41, 5.74) is 7.79. The Bertz CT molecular complexity index is 1440. The summed E-state index contributed by atoms with van der Waals surface area (Å²) in [5.74, 6) is 2.45. The Kier molecular flexibility index (Phi) is 5.24. The topological polar surface area (TPSA) is 63.0 Å². The lowest BCUT2D eigenvalue weighted by atomic mass is 9.87. The van der Waals surface area contributed by atoms with Crippen LogP contribution in [0.4, 0.5) is 17.1 Å². The van der Waals surface area contributed by atoms with Gasteiger partial charge in [-0.25, -0.2) is 0 Å². The molecule has 3 aliphatic rings. The Hall–Kier alpha value is -3.71. The molecule has 7 heteroatoms. The van der Waals surface area contributed by atoms with E-state index in [-0.39, 0.29) is 0 Å². The Morgan fingerprint density at radius 1 is 0.944 bits per heavy atom. The van der Waals surface area contributed by atoms with Gasteiger partial charge in [0, 0.05) is 55.6 Å². The summed E-state index contributed by atoms with van der Waals surface area (Å²) in [7, 11) is 0. The quantitative estimate of drug-likeness (QED) is 0.358. The first-order valence-electron chi connectivity index (χ1n) is 13.0. The fourth-order valence-corrected chi connectivity index (χ4v) is 5.78. The fourth-order valence-electron chi connectivity index (χ4n) is 5.78. The highest BCUT2D eigenvalue weighted by molar-refractivity contribution is 6.06. The van der Waals surface area contributed by atoms with Crippen LogP contribution in [0.2, 0.25) is 0 Å². The fraction of sp³-hybridized carbons (Fsp3) is 0.345. The average molecular weight is 483 g/mol. The predicted molar refractivity (Wildman–Crippen MR) is 142 cm³/mol. The molecule has 4 aromatic rings. The van der Waals surface area contributed by atoms with Crippen LogP contribution >= 0.6 is 0 Å². The molecule has 3 aromatic carbocycles. The van der Waals surface area contributed by atoms with Crippen molar-refractivity contribution in [2.75, 3.05) is 56.2 Å². The molecule has 1 fully saturated rings. The van der Waals surface area contributed by atoms with Crippen molar-refractivity contribution in [1.29, 1.82) is 0 Å². The number of rotatable bonds is 5. The zero-order chi connectivity index (χ0) is 24.1. The summed E-state index contributed by atoms with van der Waals surface area (Å²) in [6.45, 7) is 8.66. The van der Waals surface area contributed by atoms with E-state index in [1.807, 2.05) is 12.1 Å². The summed E-state index contributed by atoms with van der Waals surface area (Å²) in [6.07, 6.45) is 2.02. The number of piperazine rings is 1. The monoisotopic (exact) mass is 482 g/mol. The van der Waals surface area contributed by atoms with E-state index in [0.717, 1.165) is 89.9 Å². The van der Waals surface area contributed by atoms with Crippen molar-refractivity contribution in [2.45, 2.75) is 19.8 Å². The van der Waals surface area contributed by atoms with Crippen molar-refractivity contribution >= 4 is 28.0 Å². The van der Waals surface area contributed by atoms with Gasteiger partial charge in [0.15, 0.2) is 17.3 Å². The Balaban J connectivity index is 1.33. The van der Waals surface area contributed by atoms with Gasteiger partial charge in [0.25, 0.3) is 0 Å². The number of fused-ring (bicyclic) bond motifs is 3. The molecule has 1 saturated heterocycles. The second kappa shape index (κ2) is 8.75. The Morgan fingerprint density at radius 3 is 2.64 bits per heavy atom. The van der Waals surface area contributed by atoms with Gasteiger partial charge >= 0.3 is 0 Å². The van der Waals surface area contributed by atoms with Crippen LogP contribution in [0.5, 0.6) is 11.5 Å². The first-order chi connectivity index (χ1) is 17.8. The molecule has 184 valence electrons. The average Bonchev–Trinajstić information content (AvgIpc) is 3.37. The van der Waals surface area contributed by atoms with Crippen LogP contribution in [0.3, 0.4) is 0 Å². The maximum atomic E-state index is 6.04. The highest BCUT2D eigenvalue weighted by atomic mass is 16.6. The molecule has 0 unspecified atom stereocenters. The summed E-state index contributed by atoms with van der Waals surface area (Å²) >= 11 is 0. The number of nitrogens with zero attached hydrogens (tertiary/aromatic N) is 3. The summed E-state index contributed by atoms with van der Waals surface area (Å²) in [6, 6.07) is 16.8. The van der Waals surface area contributed by atoms with Crippen LogP contribution in [0.25, 0.3) is 22.2 Å². The van der Waals surface area contributed by atoms with Gasteiger partial charge in [0.05, 0.1) is 11.1 Å². The lowest BCUT2D eigenvalue weighted by Crippen LogP contribution is -2.46. The number of aromatic nitrogens is 1. The molecule has 0 bridgehead atoms. The molecule has 3 heterocycles. The Labute approximate surface area is 210 Å². The molecule has 0 radical (unpaired) electrons. The highest BCUT2D eigenvalue weighted by Gasteiger charge is 2.29. The number of benzene rings is 3. The third-order valence-electron chi connectivity index (χ3n) is 7.55. The van der Waals surface area contributed by atoms with Crippen LogP contribution < -0.4 is 19.7 Å². The van der Waals surface area contributed by atoms with E-state index < -0.39 is 0 Å². The second-order valence-corrected chi connectivity index (χ2v) is 9.80. The zero-order valence-corrected chi connectivity index (χ0v) is 20.5. The second-order valence-electron chi connectivity index (χ2n) is 9.80. The number of hydrogen-bond acceptors (Lipinski definition) is 7. The van der Waals surface area contributed by atoms with Crippen LogP contribution in [-0.4, -0.2) is 56.0 Å². The van der Waals surface area contributed by atoms with E-state index in [1.165, 1.54) is 17.5 Å². The maximum Gasteiger partial charge on any atom is 0.175 e. The van der Waals surface area contributed by atoms with Crippen LogP contribution in [-0.2, 0) is 6.42 Å². The molecule has 0 amide bonds. The van der Waals surface area contributed by atoms with E-state index in [9.17, 15) is 0 Å². The van der Waals surface area contributed by atoms with Gasteiger partial charge < -0.3 is 24.2 Å². The molecule has 0 atom stereocenters. The minimum atomic E-state index is 0.572. The number of hydrogen-bond donors (Lipinski definition) is 1. The normalized spacial score (nSPS) is 16.8. The van der Waals surface area contributed by atoms with Gasteiger partial charge in [-0.3, -0.25) is 4.90 Å². The van der Waals surface area contributed by atoms with Crippen LogP contribution in [0.1, 0.15) is 24.5 Å². The molecule has 1 N–H and O–H groups in total. The van der Waals surface area contributed by atoms with E-state index >= 15 is 0 Å². The zero-order valence-electron chi connectivity index (χ0n) is 20.5. The van der Waals surface area contributed by atoms with Crippen molar-refractivity contribution in [2.24, 2.45) is 0 Å². The number of nitrogens with one attached hydrogen (secondary N) is 1. The molecule has 2 aliphatic heterocycles. The van der Waals surface area contributed by atoms with Gasteiger partial charge in [-0.15, -0.1) is 0 Å². The van der Waals surface area contributed by atoms with Gasteiger partial charge in [-0.1, -0.05) is 36.3 Å². The van der Waals surface area contributed by atoms with Crippen molar-refractivity contribution in [3.63, 3.8) is 0 Å². The first-order valence-corrected chi connectivity index (χ1v) is 13.0.